The SMILES string of the molecule is Cc1ccc(NC(=O)N2CC(C3CCC3)C2)c(OCC(=O)N(C)C)c1. The van der Waals surface area contributed by atoms with Crippen LogP contribution < -0.4 is 10.1 Å². The molecule has 3 rings (SSSR count). The number of likely N-dealkylation sites (tertiary alicyclic amines) is 1. The highest BCUT2D eigenvalue weighted by Gasteiger charge is 2.38. The number of aryl methyl sites for hydroxylation is 1. The fraction of sp³-hybridized carbons (Fsp3) is 0.579. The summed E-state index contributed by atoms with van der Waals surface area (Å²) in [5.74, 6) is 1.90. The van der Waals surface area contributed by atoms with E-state index >= 15 is 0 Å². The fourth-order valence-corrected chi connectivity index (χ4v) is 3.20. The number of carbonyl (C=O) groups excluding carboxylic acids is 2. The Bertz CT molecular complexity index is 649. The van der Waals surface area contributed by atoms with Gasteiger partial charge in [0.05, 0.1) is 5.69 Å². The zero-order chi connectivity index (χ0) is 18.0. The molecular formula is C19H27N3O3. The number of hydrogen-bond donors (Lipinski definition) is 1. The normalized spacial score (nSPS) is 17.5. The van der Waals surface area contributed by atoms with E-state index < -0.39 is 0 Å². The number of benzene rings is 1. The molecule has 6 nitrogen and oxygen atoms in total. The highest BCUT2D eigenvalue weighted by molar-refractivity contribution is 5.91. The lowest BCUT2D eigenvalue weighted by Gasteiger charge is -2.46. The van der Waals surface area contributed by atoms with Crippen molar-refractivity contribution < 1.29 is 14.3 Å². The third-order valence-corrected chi connectivity index (χ3v) is 5.24. The number of carbonyl (C=O) groups is 2. The van der Waals surface area contributed by atoms with E-state index in [9.17, 15) is 9.59 Å². The molecule has 1 aliphatic carbocycles. The van der Waals surface area contributed by atoms with Gasteiger partial charge in [-0.15, -0.1) is 0 Å². The fourth-order valence-electron chi connectivity index (χ4n) is 3.20. The van der Waals surface area contributed by atoms with Gasteiger partial charge in [0, 0.05) is 27.2 Å². The van der Waals surface area contributed by atoms with Crippen molar-refractivity contribution in [3.8, 4) is 5.75 Å². The summed E-state index contributed by atoms with van der Waals surface area (Å²) < 4.78 is 5.63. The summed E-state index contributed by atoms with van der Waals surface area (Å²) in [5.41, 5.74) is 1.62. The van der Waals surface area contributed by atoms with Gasteiger partial charge in [-0.2, -0.15) is 0 Å². The molecule has 1 saturated heterocycles. The number of hydrogen-bond acceptors (Lipinski definition) is 3. The van der Waals surface area contributed by atoms with Crippen LogP contribution in [-0.4, -0.2) is 55.5 Å². The average molecular weight is 345 g/mol. The van der Waals surface area contributed by atoms with Crippen molar-refractivity contribution in [2.24, 2.45) is 11.8 Å². The Morgan fingerprint density at radius 1 is 1.24 bits per heavy atom. The molecule has 0 aromatic heterocycles. The maximum absolute atomic E-state index is 12.4. The zero-order valence-corrected chi connectivity index (χ0v) is 15.2. The van der Waals surface area contributed by atoms with Crippen LogP contribution >= 0.6 is 0 Å². The van der Waals surface area contributed by atoms with E-state index in [4.69, 9.17) is 4.74 Å². The molecule has 2 aliphatic rings. The van der Waals surface area contributed by atoms with Gasteiger partial charge in [0.25, 0.3) is 5.91 Å². The van der Waals surface area contributed by atoms with Crippen LogP contribution in [0, 0.1) is 18.8 Å². The van der Waals surface area contributed by atoms with Gasteiger partial charge in [-0.05, 0) is 36.5 Å². The lowest BCUT2D eigenvalue weighted by atomic mass is 9.73. The molecule has 1 heterocycles. The van der Waals surface area contributed by atoms with Crippen molar-refractivity contribution in [2.45, 2.75) is 26.2 Å². The van der Waals surface area contributed by atoms with Gasteiger partial charge in [0.1, 0.15) is 5.75 Å². The highest BCUT2D eigenvalue weighted by atomic mass is 16.5. The van der Waals surface area contributed by atoms with Crippen molar-refractivity contribution in [3.05, 3.63) is 23.8 Å². The minimum Gasteiger partial charge on any atom is -0.482 e. The van der Waals surface area contributed by atoms with E-state index in [2.05, 4.69) is 5.32 Å². The van der Waals surface area contributed by atoms with Crippen LogP contribution in [0.3, 0.4) is 0 Å². The first-order valence-corrected chi connectivity index (χ1v) is 8.93. The third kappa shape index (κ3) is 4.06. The average Bonchev–Trinajstić information content (AvgIpc) is 2.47. The Morgan fingerprint density at radius 2 is 1.96 bits per heavy atom. The minimum atomic E-state index is -0.120. The van der Waals surface area contributed by atoms with E-state index in [0.717, 1.165) is 24.6 Å². The summed E-state index contributed by atoms with van der Waals surface area (Å²) in [6.45, 7) is 3.59. The second-order valence-corrected chi connectivity index (χ2v) is 7.36. The van der Waals surface area contributed by atoms with Gasteiger partial charge in [-0.3, -0.25) is 4.79 Å². The van der Waals surface area contributed by atoms with E-state index in [1.165, 1.54) is 24.2 Å². The van der Waals surface area contributed by atoms with Gasteiger partial charge < -0.3 is 19.9 Å². The molecule has 1 saturated carbocycles. The second kappa shape index (κ2) is 7.33. The van der Waals surface area contributed by atoms with Crippen molar-refractivity contribution in [2.75, 3.05) is 39.1 Å². The van der Waals surface area contributed by atoms with E-state index in [1.54, 1.807) is 14.1 Å². The molecule has 0 atom stereocenters. The molecule has 1 N–H and O–H groups in total. The first-order valence-electron chi connectivity index (χ1n) is 8.93. The summed E-state index contributed by atoms with van der Waals surface area (Å²) in [7, 11) is 3.38. The molecule has 0 unspecified atom stereocenters. The predicted molar refractivity (Wildman–Crippen MR) is 96.8 cm³/mol. The third-order valence-electron chi connectivity index (χ3n) is 5.24. The summed E-state index contributed by atoms with van der Waals surface area (Å²) in [6, 6.07) is 5.49. The Morgan fingerprint density at radius 3 is 2.56 bits per heavy atom. The number of amides is 3. The van der Waals surface area contributed by atoms with Crippen molar-refractivity contribution in [1.82, 2.24) is 9.80 Å². The summed E-state index contributed by atoms with van der Waals surface area (Å²) >= 11 is 0. The maximum Gasteiger partial charge on any atom is 0.321 e. The van der Waals surface area contributed by atoms with Crippen molar-refractivity contribution in [3.63, 3.8) is 0 Å². The zero-order valence-electron chi connectivity index (χ0n) is 15.2. The molecule has 136 valence electrons. The number of nitrogens with zero attached hydrogens (tertiary/aromatic N) is 2. The van der Waals surface area contributed by atoms with E-state index in [0.29, 0.717) is 17.4 Å². The smallest absolute Gasteiger partial charge is 0.321 e. The van der Waals surface area contributed by atoms with E-state index in [-0.39, 0.29) is 18.5 Å². The lowest BCUT2D eigenvalue weighted by Crippen LogP contribution is -2.55. The number of ether oxygens (including phenoxy) is 1. The predicted octanol–water partition coefficient (Wildman–Crippen LogP) is 2.73. The molecule has 3 amide bonds. The molecule has 6 heteroatoms. The van der Waals surface area contributed by atoms with Crippen LogP contribution in [0.1, 0.15) is 24.8 Å². The Kier molecular flexibility index (Phi) is 5.16. The van der Waals surface area contributed by atoms with Crippen LogP contribution in [-0.2, 0) is 4.79 Å². The molecule has 1 aromatic carbocycles. The number of anilines is 1. The van der Waals surface area contributed by atoms with Crippen LogP contribution in [0.15, 0.2) is 18.2 Å². The number of rotatable bonds is 5. The molecule has 25 heavy (non-hydrogen) atoms. The number of urea groups is 1. The standard InChI is InChI=1S/C19H27N3O3/c1-13-7-8-16(17(9-13)25-12-18(23)21(2)3)20-19(24)22-10-15(11-22)14-5-4-6-14/h7-9,14-15H,4-6,10-12H2,1-3H3,(H,20,24). The monoisotopic (exact) mass is 345 g/mol. The Hall–Kier alpha value is -2.24. The summed E-state index contributed by atoms with van der Waals surface area (Å²) in [5, 5.41) is 2.93. The topological polar surface area (TPSA) is 61.9 Å². The van der Waals surface area contributed by atoms with Gasteiger partial charge in [0.15, 0.2) is 6.61 Å². The lowest BCUT2D eigenvalue weighted by molar-refractivity contribution is -0.130. The van der Waals surface area contributed by atoms with E-state index in [1.807, 2.05) is 30.0 Å². The maximum atomic E-state index is 12.4. The number of likely N-dealkylation sites (N-methyl/N-ethyl adjacent to an activating group) is 1. The first kappa shape index (κ1) is 17.6. The molecule has 0 radical (unpaired) electrons. The van der Waals surface area contributed by atoms with Gasteiger partial charge >= 0.3 is 6.03 Å². The highest BCUT2D eigenvalue weighted by Crippen LogP contribution is 2.38. The minimum absolute atomic E-state index is 0.0488. The van der Waals surface area contributed by atoms with Gasteiger partial charge in [0.2, 0.25) is 0 Å². The van der Waals surface area contributed by atoms with Crippen molar-refractivity contribution in [1.29, 1.82) is 0 Å². The first-order chi connectivity index (χ1) is 11.9. The van der Waals surface area contributed by atoms with Gasteiger partial charge in [-0.25, -0.2) is 4.79 Å². The Balaban J connectivity index is 1.57. The van der Waals surface area contributed by atoms with Crippen LogP contribution in [0.25, 0.3) is 0 Å². The molecule has 2 fully saturated rings. The molecule has 1 aromatic rings. The van der Waals surface area contributed by atoms with Gasteiger partial charge in [-0.1, -0.05) is 25.3 Å². The van der Waals surface area contributed by atoms with Crippen LogP contribution in [0.2, 0.25) is 0 Å². The summed E-state index contributed by atoms with van der Waals surface area (Å²) in [6.07, 6.45) is 3.97. The van der Waals surface area contributed by atoms with Crippen LogP contribution in [0.5, 0.6) is 5.75 Å². The van der Waals surface area contributed by atoms with Crippen LogP contribution in [0.4, 0.5) is 10.5 Å². The Labute approximate surface area is 149 Å². The summed E-state index contributed by atoms with van der Waals surface area (Å²) in [4.78, 5) is 27.5. The van der Waals surface area contributed by atoms with Crippen molar-refractivity contribution >= 4 is 17.6 Å². The number of nitrogens with one attached hydrogen (secondary N) is 1. The molecule has 1 aliphatic heterocycles. The molecule has 0 spiro atoms. The largest absolute Gasteiger partial charge is 0.482 e. The molecule has 0 bridgehead atoms. The quantitative estimate of drug-likeness (QED) is 0.892. The molecular weight excluding hydrogens is 318 g/mol. The second-order valence-electron chi connectivity index (χ2n) is 7.36.